The molecule has 0 bridgehead atoms. The van der Waals surface area contributed by atoms with Crippen LogP contribution in [0.1, 0.15) is 41.5 Å². The van der Waals surface area contributed by atoms with Crippen molar-refractivity contribution in [3.05, 3.63) is 63.5 Å². The Hall–Kier alpha value is -2.40. The number of carbonyl (C=O) groups excluding carboxylic acids is 2. The number of hydrogen-bond acceptors (Lipinski definition) is 4. The molecule has 2 aromatic rings. The first-order valence-corrected chi connectivity index (χ1v) is 8.88. The summed E-state index contributed by atoms with van der Waals surface area (Å²) in [6, 6.07) is 10.9. The van der Waals surface area contributed by atoms with Gasteiger partial charge in [-0.25, -0.2) is 0 Å². The third-order valence-electron chi connectivity index (χ3n) is 4.75. The first-order valence-electron chi connectivity index (χ1n) is 8.00. The van der Waals surface area contributed by atoms with Crippen LogP contribution in [0.25, 0.3) is 0 Å². The second kappa shape index (κ2) is 5.91. The Morgan fingerprint density at radius 2 is 1.96 bits per heavy atom. The van der Waals surface area contributed by atoms with Gasteiger partial charge in [0.1, 0.15) is 5.75 Å². The molecule has 0 spiro atoms. The van der Waals surface area contributed by atoms with Gasteiger partial charge in [-0.3, -0.25) is 9.59 Å². The van der Waals surface area contributed by atoms with Gasteiger partial charge in [-0.15, -0.1) is 11.3 Å². The van der Waals surface area contributed by atoms with Gasteiger partial charge in [-0.2, -0.15) is 0 Å². The Kier molecular flexibility index (Phi) is 3.73. The molecule has 2 unspecified atom stereocenters. The third-order valence-corrected chi connectivity index (χ3v) is 5.79. The SMILES string of the molecule is O=C1CC(c2cccc(O)c2)C2=C(CC(c3cccs3)CC2=O)N1. The van der Waals surface area contributed by atoms with Crippen LogP contribution in [0.5, 0.6) is 5.75 Å². The molecule has 1 amide bonds. The lowest BCUT2D eigenvalue weighted by Crippen LogP contribution is -2.38. The Morgan fingerprint density at radius 1 is 1.08 bits per heavy atom. The van der Waals surface area contributed by atoms with Crippen LogP contribution in [-0.2, 0) is 9.59 Å². The summed E-state index contributed by atoms with van der Waals surface area (Å²) in [6.07, 6.45) is 1.41. The zero-order valence-electron chi connectivity index (χ0n) is 13.0. The number of rotatable bonds is 2. The molecule has 2 atom stereocenters. The first kappa shape index (κ1) is 15.1. The summed E-state index contributed by atoms with van der Waals surface area (Å²) in [4.78, 5) is 26.2. The number of benzene rings is 1. The Bertz CT molecular complexity index is 838. The van der Waals surface area contributed by atoms with Crippen molar-refractivity contribution in [2.24, 2.45) is 0 Å². The molecule has 0 fully saturated rings. The van der Waals surface area contributed by atoms with E-state index in [-0.39, 0.29) is 35.7 Å². The first-order chi connectivity index (χ1) is 11.6. The third kappa shape index (κ3) is 2.65. The molecule has 4 rings (SSSR count). The molecule has 5 heteroatoms. The molecule has 122 valence electrons. The predicted molar refractivity (Wildman–Crippen MR) is 91.9 cm³/mol. The number of allylic oxidation sites excluding steroid dienone is 2. The summed E-state index contributed by atoms with van der Waals surface area (Å²) in [5, 5.41) is 14.7. The number of ketones is 1. The topological polar surface area (TPSA) is 66.4 Å². The quantitative estimate of drug-likeness (QED) is 0.880. The second-order valence-corrected chi connectivity index (χ2v) is 7.32. The minimum absolute atomic E-state index is 0.0678. The highest BCUT2D eigenvalue weighted by Crippen LogP contribution is 2.43. The minimum Gasteiger partial charge on any atom is -0.508 e. The number of amides is 1. The molecule has 24 heavy (non-hydrogen) atoms. The van der Waals surface area contributed by atoms with Crippen molar-refractivity contribution in [1.82, 2.24) is 5.32 Å². The Morgan fingerprint density at radius 3 is 2.71 bits per heavy atom. The van der Waals surface area contributed by atoms with E-state index < -0.39 is 0 Å². The number of Topliss-reactive ketones (excluding diaryl/α,β-unsaturated/α-hetero) is 1. The molecular weight excluding hydrogens is 322 g/mol. The van der Waals surface area contributed by atoms with E-state index in [9.17, 15) is 14.7 Å². The summed E-state index contributed by atoms with van der Waals surface area (Å²) in [7, 11) is 0. The van der Waals surface area contributed by atoms with Crippen molar-refractivity contribution < 1.29 is 14.7 Å². The van der Waals surface area contributed by atoms with Crippen LogP contribution in [0, 0.1) is 0 Å². The lowest BCUT2D eigenvalue weighted by molar-refractivity contribution is -0.122. The van der Waals surface area contributed by atoms with Crippen LogP contribution in [0.2, 0.25) is 0 Å². The molecule has 1 aliphatic carbocycles. The molecule has 1 aromatic heterocycles. The number of aromatic hydroxyl groups is 1. The second-order valence-electron chi connectivity index (χ2n) is 6.34. The van der Waals surface area contributed by atoms with Crippen molar-refractivity contribution in [2.75, 3.05) is 0 Å². The van der Waals surface area contributed by atoms with Gasteiger partial charge in [0.25, 0.3) is 0 Å². The van der Waals surface area contributed by atoms with Gasteiger partial charge in [-0.05, 0) is 35.6 Å². The predicted octanol–water partition coefficient (Wildman–Crippen LogP) is 3.46. The van der Waals surface area contributed by atoms with Crippen LogP contribution in [0.3, 0.4) is 0 Å². The molecule has 1 aromatic carbocycles. The maximum absolute atomic E-state index is 12.8. The Balaban J connectivity index is 1.74. The summed E-state index contributed by atoms with van der Waals surface area (Å²) in [5.41, 5.74) is 2.29. The van der Waals surface area contributed by atoms with Crippen molar-refractivity contribution >= 4 is 23.0 Å². The van der Waals surface area contributed by atoms with Crippen LogP contribution >= 0.6 is 11.3 Å². The van der Waals surface area contributed by atoms with E-state index in [4.69, 9.17) is 0 Å². The van der Waals surface area contributed by atoms with Crippen LogP contribution < -0.4 is 5.32 Å². The highest BCUT2D eigenvalue weighted by molar-refractivity contribution is 7.10. The number of phenols is 1. The fourth-order valence-corrected chi connectivity index (χ4v) is 4.54. The van der Waals surface area contributed by atoms with Gasteiger partial charge >= 0.3 is 0 Å². The van der Waals surface area contributed by atoms with Crippen LogP contribution in [-0.4, -0.2) is 16.8 Å². The summed E-state index contributed by atoms with van der Waals surface area (Å²) < 4.78 is 0. The molecule has 2 N–H and O–H groups in total. The van der Waals surface area contributed by atoms with Crippen LogP contribution in [0.15, 0.2) is 53.0 Å². The zero-order chi connectivity index (χ0) is 16.7. The number of thiophene rings is 1. The van der Waals surface area contributed by atoms with E-state index in [1.165, 1.54) is 4.88 Å². The minimum atomic E-state index is -0.266. The molecule has 4 nitrogen and oxygen atoms in total. The number of phenolic OH excluding ortho intramolecular Hbond substituents is 1. The molecule has 2 heterocycles. The van der Waals surface area contributed by atoms with E-state index in [1.54, 1.807) is 29.5 Å². The summed E-state index contributed by atoms with van der Waals surface area (Å²) in [5.74, 6) is 0.0576. The highest BCUT2D eigenvalue weighted by atomic mass is 32.1. The van der Waals surface area contributed by atoms with E-state index in [2.05, 4.69) is 5.32 Å². The van der Waals surface area contributed by atoms with Gasteiger partial charge < -0.3 is 10.4 Å². The average molecular weight is 339 g/mol. The van der Waals surface area contributed by atoms with Crippen molar-refractivity contribution in [1.29, 1.82) is 0 Å². The number of carbonyl (C=O) groups is 2. The lowest BCUT2D eigenvalue weighted by Gasteiger charge is -2.34. The van der Waals surface area contributed by atoms with Crippen molar-refractivity contribution in [2.45, 2.75) is 31.1 Å². The van der Waals surface area contributed by atoms with E-state index in [1.807, 2.05) is 23.6 Å². The molecule has 0 saturated carbocycles. The maximum atomic E-state index is 12.8. The highest BCUT2D eigenvalue weighted by Gasteiger charge is 2.38. The van der Waals surface area contributed by atoms with Gasteiger partial charge in [0, 0.05) is 40.8 Å². The fraction of sp³-hybridized carbons (Fsp3) is 0.263. The normalized spacial score (nSPS) is 23.8. The van der Waals surface area contributed by atoms with Gasteiger partial charge in [0.2, 0.25) is 5.91 Å². The van der Waals surface area contributed by atoms with E-state index in [0.717, 1.165) is 11.3 Å². The smallest absolute Gasteiger partial charge is 0.225 e. The fourth-order valence-electron chi connectivity index (χ4n) is 3.71. The summed E-state index contributed by atoms with van der Waals surface area (Å²) >= 11 is 1.65. The van der Waals surface area contributed by atoms with Crippen molar-refractivity contribution in [3.8, 4) is 5.75 Å². The zero-order valence-corrected chi connectivity index (χ0v) is 13.8. The Labute approximate surface area is 143 Å². The van der Waals surface area contributed by atoms with Gasteiger partial charge in [0.05, 0.1) is 0 Å². The average Bonchev–Trinajstić information content (AvgIpc) is 3.08. The standard InChI is InChI=1S/C19H17NO3S/c21-13-4-1-3-11(7-13)14-10-18(23)20-15-8-12(9-16(22)19(14)15)17-5-2-6-24-17/h1-7,12,14,21H,8-10H2,(H,20,23). The van der Waals surface area contributed by atoms with E-state index in [0.29, 0.717) is 18.4 Å². The van der Waals surface area contributed by atoms with Gasteiger partial charge in [-0.1, -0.05) is 18.2 Å². The molecule has 0 radical (unpaired) electrons. The summed E-state index contributed by atoms with van der Waals surface area (Å²) in [6.45, 7) is 0. The van der Waals surface area contributed by atoms with E-state index >= 15 is 0 Å². The molecule has 0 saturated heterocycles. The number of nitrogens with one attached hydrogen (secondary N) is 1. The molecule has 1 aliphatic heterocycles. The largest absolute Gasteiger partial charge is 0.508 e. The number of hydrogen-bond donors (Lipinski definition) is 2. The van der Waals surface area contributed by atoms with Crippen molar-refractivity contribution in [3.63, 3.8) is 0 Å². The monoisotopic (exact) mass is 339 g/mol. The molecule has 2 aliphatic rings. The van der Waals surface area contributed by atoms with Gasteiger partial charge in [0.15, 0.2) is 5.78 Å². The molecular formula is C19H17NO3S. The lowest BCUT2D eigenvalue weighted by atomic mass is 9.75. The maximum Gasteiger partial charge on any atom is 0.225 e. The van der Waals surface area contributed by atoms with Crippen LogP contribution in [0.4, 0.5) is 0 Å².